The molecule has 2 rings (SSSR count). The molecule has 1 aromatic rings. The van der Waals surface area contributed by atoms with Crippen LogP contribution in [0.1, 0.15) is 42.1 Å². The van der Waals surface area contributed by atoms with E-state index >= 15 is 0 Å². The fourth-order valence-electron chi connectivity index (χ4n) is 2.96. The molecule has 0 bridgehead atoms. The Labute approximate surface area is 149 Å². The van der Waals surface area contributed by atoms with Crippen LogP contribution in [0.4, 0.5) is 0 Å². The van der Waals surface area contributed by atoms with Gasteiger partial charge in [-0.1, -0.05) is 0 Å². The summed E-state index contributed by atoms with van der Waals surface area (Å²) < 4.78 is 5.28. The molecule has 1 atom stereocenters. The van der Waals surface area contributed by atoms with Crippen LogP contribution in [0.5, 0.6) is 5.75 Å². The molecule has 0 aliphatic carbocycles. The van der Waals surface area contributed by atoms with Crippen molar-refractivity contribution in [3.8, 4) is 5.75 Å². The van der Waals surface area contributed by atoms with E-state index in [-0.39, 0.29) is 30.5 Å². The lowest BCUT2D eigenvalue weighted by Gasteiger charge is -2.22. The van der Waals surface area contributed by atoms with Crippen molar-refractivity contribution in [1.82, 2.24) is 10.6 Å². The summed E-state index contributed by atoms with van der Waals surface area (Å²) >= 11 is 0. The van der Waals surface area contributed by atoms with Crippen LogP contribution >= 0.6 is 12.4 Å². The number of benzene rings is 1. The number of methoxy groups -OCH3 is 1. The lowest BCUT2D eigenvalue weighted by molar-refractivity contribution is -0.120. The van der Waals surface area contributed by atoms with Crippen LogP contribution in [-0.2, 0) is 11.2 Å². The number of carbonyl (C=O) groups excluding carboxylic acids is 2. The Morgan fingerprint density at radius 2 is 2.17 bits per heavy atom. The number of rotatable bonds is 7. The molecule has 1 fully saturated rings. The van der Waals surface area contributed by atoms with E-state index in [9.17, 15) is 9.59 Å². The smallest absolute Gasteiger partial charge is 0.224 e. The highest BCUT2D eigenvalue weighted by molar-refractivity contribution is 5.94. The monoisotopic (exact) mass is 354 g/mol. The zero-order valence-corrected chi connectivity index (χ0v) is 15.2. The second kappa shape index (κ2) is 10.3. The zero-order chi connectivity index (χ0) is 16.7. The maximum absolute atomic E-state index is 12.1. The van der Waals surface area contributed by atoms with Crippen molar-refractivity contribution in [2.75, 3.05) is 26.7 Å². The van der Waals surface area contributed by atoms with Crippen molar-refractivity contribution in [2.45, 2.75) is 32.6 Å². The van der Waals surface area contributed by atoms with Crippen molar-refractivity contribution in [2.24, 2.45) is 5.92 Å². The number of Topliss-reactive ketones (excluding diaryl/α,β-unsaturated/α-hetero) is 1. The van der Waals surface area contributed by atoms with E-state index in [1.807, 2.05) is 0 Å². The van der Waals surface area contributed by atoms with Gasteiger partial charge in [-0.25, -0.2) is 0 Å². The topological polar surface area (TPSA) is 67.4 Å². The summed E-state index contributed by atoms with van der Waals surface area (Å²) in [6.07, 6.45) is 3.68. The predicted molar refractivity (Wildman–Crippen MR) is 97.2 cm³/mol. The number of halogens is 1. The van der Waals surface area contributed by atoms with Gasteiger partial charge in [0, 0.05) is 17.7 Å². The van der Waals surface area contributed by atoms with Gasteiger partial charge in [-0.15, -0.1) is 12.4 Å². The molecule has 1 aliphatic heterocycles. The molecule has 24 heavy (non-hydrogen) atoms. The maximum atomic E-state index is 12.1. The minimum Gasteiger partial charge on any atom is -0.496 e. The third-order valence-corrected chi connectivity index (χ3v) is 4.31. The molecule has 0 radical (unpaired) electrons. The van der Waals surface area contributed by atoms with Gasteiger partial charge >= 0.3 is 0 Å². The number of ether oxygens (including phenoxy) is 1. The minimum absolute atomic E-state index is 0. The van der Waals surface area contributed by atoms with Crippen LogP contribution in [0.15, 0.2) is 18.2 Å². The first-order valence-corrected chi connectivity index (χ1v) is 8.25. The molecule has 1 amide bonds. The van der Waals surface area contributed by atoms with E-state index in [1.54, 1.807) is 25.3 Å². The Kier molecular flexibility index (Phi) is 8.79. The summed E-state index contributed by atoms with van der Waals surface area (Å²) in [6.45, 7) is 4.36. The van der Waals surface area contributed by atoms with Gasteiger partial charge in [-0.05, 0) is 63.4 Å². The van der Waals surface area contributed by atoms with Crippen LogP contribution in [-0.4, -0.2) is 38.4 Å². The van der Waals surface area contributed by atoms with E-state index < -0.39 is 0 Å². The molecule has 6 heteroatoms. The van der Waals surface area contributed by atoms with E-state index in [2.05, 4.69) is 10.6 Å². The van der Waals surface area contributed by atoms with E-state index in [0.717, 1.165) is 25.1 Å². The van der Waals surface area contributed by atoms with Gasteiger partial charge in [0.25, 0.3) is 0 Å². The molecule has 0 aromatic heterocycles. The molecule has 0 spiro atoms. The van der Waals surface area contributed by atoms with Crippen molar-refractivity contribution in [3.63, 3.8) is 0 Å². The number of hydrogen-bond donors (Lipinski definition) is 2. The quantitative estimate of drug-likeness (QED) is 0.738. The lowest BCUT2D eigenvalue weighted by Crippen LogP contribution is -2.33. The molecular weight excluding hydrogens is 328 g/mol. The Bertz CT molecular complexity index is 557. The summed E-state index contributed by atoms with van der Waals surface area (Å²) in [6, 6.07) is 5.21. The maximum Gasteiger partial charge on any atom is 0.224 e. The highest BCUT2D eigenvalue weighted by atomic mass is 35.5. The first-order valence-electron chi connectivity index (χ1n) is 8.25. The van der Waals surface area contributed by atoms with Gasteiger partial charge in [0.15, 0.2) is 5.78 Å². The van der Waals surface area contributed by atoms with Crippen molar-refractivity contribution >= 4 is 24.1 Å². The molecular formula is C18H27ClN2O3. The predicted octanol–water partition coefficient (Wildman–Crippen LogP) is 2.37. The number of carbonyl (C=O) groups is 2. The van der Waals surface area contributed by atoms with Crippen molar-refractivity contribution < 1.29 is 14.3 Å². The summed E-state index contributed by atoms with van der Waals surface area (Å²) in [5, 5.41) is 6.35. The first kappa shape index (κ1) is 20.5. The largest absolute Gasteiger partial charge is 0.496 e. The fourth-order valence-corrected chi connectivity index (χ4v) is 2.96. The first-order chi connectivity index (χ1) is 11.1. The van der Waals surface area contributed by atoms with Crippen molar-refractivity contribution in [1.29, 1.82) is 0 Å². The molecule has 1 saturated heterocycles. The van der Waals surface area contributed by atoms with E-state index in [0.29, 0.717) is 23.8 Å². The zero-order valence-electron chi connectivity index (χ0n) is 14.4. The Morgan fingerprint density at radius 3 is 2.79 bits per heavy atom. The number of hydrogen-bond acceptors (Lipinski definition) is 4. The normalized spacial score (nSPS) is 16.8. The van der Waals surface area contributed by atoms with Crippen LogP contribution in [0.3, 0.4) is 0 Å². The Hall–Kier alpha value is -1.59. The average molecular weight is 355 g/mol. The van der Waals surface area contributed by atoms with Gasteiger partial charge in [0.05, 0.1) is 13.5 Å². The standard InChI is InChI=1S/C18H26N2O3.ClH/c1-13(21)15-5-6-17(23-2)16(10-15)11-18(22)20-9-7-14-4-3-8-19-12-14;/h5-6,10,14,19H,3-4,7-9,11-12H2,1-2H3,(H,20,22);1H. The van der Waals surface area contributed by atoms with Gasteiger partial charge < -0.3 is 15.4 Å². The second-order valence-corrected chi connectivity index (χ2v) is 6.11. The summed E-state index contributed by atoms with van der Waals surface area (Å²) in [4.78, 5) is 23.6. The minimum atomic E-state index is -0.0345. The van der Waals surface area contributed by atoms with E-state index in [4.69, 9.17) is 4.74 Å². The fraction of sp³-hybridized carbons (Fsp3) is 0.556. The number of ketones is 1. The van der Waals surface area contributed by atoms with Gasteiger partial charge in [-0.2, -0.15) is 0 Å². The number of piperidine rings is 1. The van der Waals surface area contributed by atoms with Crippen molar-refractivity contribution in [3.05, 3.63) is 29.3 Å². The van der Waals surface area contributed by atoms with E-state index in [1.165, 1.54) is 19.8 Å². The van der Waals surface area contributed by atoms with Gasteiger partial charge in [-0.3, -0.25) is 9.59 Å². The average Bonchev–Trinajstić information content (AvgIpc) is 2.55. The molecule has 1 aliphatic rings. The Morgan fingerprint density at radius 1 is 1.38 bits per heavy atom. The molecule has 134 valence electrons. The molecule has 0 saturated carbocycles. The highest BCUT2D eigenvalue weighted by Gasteiger charge is 2.14. The molecule has 5 nitrogen and oxygen atoms in total. The molecule has 1 aromatic carbocycles. The van der Waals surface area contributed by atoms with Crippen LogP contribution in [0.2, 0.25) is 0 Å². The second-order valence-electron chi connectivity index (χ2n) is 6.11. The third kappa shape index (κ3) is 6.13. The third-order valence-electron chi connectivity index (χ3n) is 4.31. The summed E-state index contributed by atoms with van der Waals surface area (Å²) in [5.74, 6) is 1.24. The lowest BCUT2D eigenvalue weighted by atomic mass is 9.96. The Balaban J connectivity index is 0.00000288. The SMILES string of the molecule is COc1ccc(C(C)=O)cc1CC(=O)NCCC1CCCNC1.Cl. The van der Waals surface area contributed by atoms with Crippen LogP contribution in [0, 0.1) is 5.92 Å². The van der Waals surface area contributed by atoms with Crippen LogP contribution < -0.4 is 15.4 Å². The van der Waals surface area contributed by atoms with Gasteiger partial charge in [0.1, 0.15) is 5.75 Å². The summed E-state index contributed by atoms with van der Waals surface area (Å²) in [7, 11) is 1.57. The van der Waals surface area contributed by atoms with Crippen LogP contribution in [0.25, 0.3) is 0 Å². The van der Waals surface area contributed by atoms with Gasteiger partial charge in [0.2, 0.25) is 5.91 Å². The number of nitrogens with one attached hydrogen (secondary N) is 2. The molecule has 1 unspecified atom stereocenters. The highest BCUT2D eigenvalue weighted by Crippen LogP contribution is 2.21. The number of amides is 1. The summed E-state index contributed by atoms with van der Waals surface area (Å²) in [5.41, 5.74) is 1.35. The molecule has 1 heterocycles. The molecule has 2 N–H and O–H groups in total.